The third-order valence-electron chi connectivity index (χ3n) is 6.63. The first-order valence-electron chi connectivity index (χ1n) is 12.0. The molecule has 1 aliphatic heterocycles. The van der Waals surface area contributed by atoms with E-state index >= 15 is 0 Å². The lowest BCUT2D eigenvalue weighted by Crippen LogP contribution is -2.31. The Bertz CT molecular complexity index is 1400. The maximum absolute atomic E-state index is 11.9. The van der Waals surface area contributed by atoms with Crippen LogP contribution in [0.15, 0.2) is 54.9 Å². The Hall–Kier alpha value is -4.18. The van der Waals surface area contributed by atoms with E-state index in [0.717, 1.165) is 48.1 Å². The Morgan fingerprint density at radius 1 is 1.19 bits per heavy atom. The van der Waals surface area contributed by atoms with Crippen molar-refractivity contribution in [2.75, 3.05) is 37.4 Å². The molecule has 0 amide bonds. The van der Waals surface area contributed by atoms with Gasteiger partial charge in [-0.3, -0.25) is 10.1 Å². The molecule has 0 unspecified atom stereocenters. The molecule has 0 spiro atoms. The molecule has 36 heavy (non-hydrogen) atoms. The average Bonchev–Trinajstić information content (AvgIpc) is 3.25. The summed E-state index contributed by atoms with van der Waals surface area (Å²) in [5.41, 5.74) is 3.66. The van der Waals surface area contributed by atoms with Crippen molar-refractivity contribution in [2.45, 2.75) is 12.8 Å². The number of nitro groups is 1. The minimum Gasteiger partial charge on any atom is -0.494 e. The number of hydrogen-bond acceptors (Lipinski definition) is 8. The van der Waals surface area contributed by atoms with E-state index in [-0.39, 0.29) is 10.6 Å². The largest absolute Gasteiger partial charge is 0.494 e. The van der Waals surface area contributed by atoms with E-state index in [2.05, 4.69) is 42.6 Å². The van der Waals surface area contributed by atoms with Crippen LogP contribution in [0.5, 0.6) is 5.75 Å². The maximum Gasteiger partial charge on any atom is 0.294 e. The average molecular weight is 488 g/mol. The number of hydrogen-bond donors (Lipinski definition) is 3. The Morgan fingerprint density at radius 3 is 2.78 bits per heavy atom. The highest BCUT2D eigenvalue weighted by Crippen LogP contribution is 2.38. The van der Waals surface area contributed by atoms with Crippen molar-refractivity contribution in [2.24, 2.45) is 13.0 Å². The van der Waals surface area contributed by atoms with Gasteiger partial charge in [0, 0.05) is 54.6 Å². The number of fused-ring (bicyclic) bond motifs is 1. The number of benzene rings is 2. The van der Waals surface area contributed by atoms with E-state index in [4.69, 9.17) is 4.74 Å². The first kappa shape index (κ1) is 23.6. The standard InChI is InChI=1S/C26H29N7O3/c1-32-16-19(18-5-3-4-6-23(18)32)20-9-12-28-26(30-20)31-22-13-24(33(34)35)21(14-25(22)36-2)29-15-17-7-10-27-11-8-17/h3-6,9,12-14,16-17,27,29H,7-8,10-11,15H2,1-2H3,(H,28,30,31). The molecule has 5 rings (SSSR count). The van der Waals surface area contributed by atoms with Gasteiger partial charge in [0.05, 0.1) is 23.4 Å². The number of anilines is 3. The van der Waals surface area contributed by atoms with E-state index in [0.29, 0.717) is 35.5 Å². The highest BCUT2D eigenvalue weighted by Gasteiger charge is 2.21. The van der Waals surface area contributed by atoms with Crippen LogP contribution in [0.25, 0.3) is 22.2 Å². The van der Waals surface area contributed by atoms with Crippen molar-refractivity contribution < 1.29 is 9.66 Å². The van der Waals surface area contributed by atoms with Gasteiger partial charge >= 0.3 is 0 Å². The highest BCUT2D eigenvalue weighted by atomic mass is 16.6. The molecule has 0 atom stereocenters. The SMILES string of the molecule is COc1cc(NCC2CCNCC2)c([N+](=O)[O-])cc1Nc1nccc(-c2cn(C)c3ccccc23)n1. The van der Waals surface area contributed by atoms with Crippen molar-refractivity contribution in [3.05, 3.63) is 65.0 Å². The molecule has 1 aliphatic rings. The fourth-order valence-electron chi connectivity index (χ4n) is 4.70. The van der Waals surface area contributed by atoms with E-state index in [1.54, 1.807) is 12.3 Å². The summed E-state index contributed by atoms with van der Waals surface area (Å²) in [5, 5.41) is 22.7. The quantitative estimate of drug-likeness (QED) is 0.242. The predicted octanol–water partition coefficient (Wildman–Crippen LogP) is 4.71. The number of nitrogens with one attached hydrogen (secondary N) is 3. The zero-order chi connectivity index (χ0) is 25.1. The first-order valence-corrected chi connectivity index (χ1v) is 12.0. The summed E-state index contributed by atoms with van der Waals surface area (Å²) >= 11 is 0. The summed E-state index contributed by atoms with van der Waals surface area (Å²) in [6, 6.07) is 13.1. The summed E-state index contributed by atoms with van der Waals surface area (Å²) < 4.78 is 7.62. The van der Waals surface area contributed by atoms with Gasteiger partial charge in [0.2, 0.25) is 5.95 Å². The van der Waals surface area contributed by atoms with Crippen LogP contribution in [0.1, 0.15) is 12.8 Å². The van der Waals surface area contributed by atoms with Gasteiger partial charge in [-0.25, -0.2) is 9.97 Å². The number of aromatic nitrogens is 3. The summed E-state index contributed by atoms with van der Waals surface area (Å²) in [4.78, 5) is 20.5. The Labute approximate surface area is 208 Å². The molecule has 0 saturated carbocycles. The minimum absolute atomic E-state index is 0.0301. The normalized spacial score (nSPS) is 14.1. The van der Waals surface area contributed by atoms with Gasteiger partial charge in [-0.2, -0.15) is 0 Å². The summed E-state index contributed by atoms with van der Waals surface area (Å²) in [7, 11) is 3.53. The van der Waals surface area contributed by atoms with Crippen LogP contribution in [-0.2, 0) is 7.05 Å². The second kappa shape index (κ2) is 10.2. The lowest BCUT2D eigenvalue weighted by atomic mass is 9.98. The van der Waals surface area contributed by atoms with Crippen LogP contribution in [0.4, 0.5) is 23.0 Å². The smallest absolute Gasteiger partial charge is 0.294 e. The number of para-hydroxylation sites is 1. The van der Waals surface area contributed by atoms with Crippen LogP contribution >= 0.6 is 0 Å². The number of methoxy groups -OCH3 is 1. The minimum atomic E-state index is -0.386. The zero-order valence-corrected chi connectivity index (χ0v) is 20.3. The summed E-state index contributed by atoms with van der Waals surface area (Å²) in [6.45, 7) is 2.62. The molecule has 3 heterocycles. The van der Waals surface area contributed by atoms with Gasteiger partial charge in [-0.15, -0.1) is 0 Å². The number of ether oxygens (including phenoxy) is 1. The number of nitro benzene ring substituents is 1. The fourth-order valence-corrected chi connectivity index (χ4v) is 4.70. The zero-order valence-electron chi connectivity index (χ0n) is 20.3. The van der Waals surface area contributed by atoms with Crippen molar-refractivity contribution >= 4 is 33.9 Å². The molecule has 2 aromatic carbocycles. The number of aryl methyl sites for hydroxylation is 1. The van der Waals surface area contributed by atoms with E-state index in [1.165, 1.54) is 13.2 Å². The monoisotopic (exact) mass is 487 g/mol. The molecule has 186 valence electrons. The van der Waals surface area contributed by atoms with Gasteiger partial charge < -0.3 is 25.3 Å². The van der Waals surface area contributed by atoms with Crippen molar-refractivity contribution in [3.63, 3.8) is 0 Å². The second-order valence-electron chi connectivity index (χ2n) is 8.96. The Kier molecular flexibility index (Phi) is 6.68. The molecule has 1 fully saturated rings. The molecule has 10 nitrogen and oxygen atoms in total. The molecular formula is C26H29N7O3. The van der Waals surface area contributed by atoms with E-state index in [9.17, 15) is 10.1 Å². The molecule has 2 aromatic heterocycles. The van der Waals surface area contributed by atoms with Gasteiger partial charge in [0.15, 0.2) is 0 Å². The van der Waals surface area contributed by atoms with Crippen LogP contribution < -0.4 is 20.7 Å². The van der Waals surface area contributed by atoms with Gasteiger partial charge in [0.25, 0.3) is 5.69 Å². The van der Waals surface area contributed by atoms with Crippen molar-refractivity contribution in [3.8, 4) is 17.0 Å². The Balaban J connectivity index is 1.43. The van der Waals surface area contributed by atoms with Crippen LogP contribution in [0.2, 0.25) is 0 Å². The second-order valence-corrected chi connectivity index (χ2v) is 8.96. The number of piperidine rings is 1. The molecule has 0 aliphatic carbocycles. The molecule has 3 N–H and O–H groups in total. The number of nitrogens with zero attached hydrogens (tertiary/aromatic N) is 4. The van der Waals surface area contributed by atoms with Gasteiger partial charge in [-0.1, -0.05) is 18.2 Å². The lowest BCUT2D eigenvalue weighted by Gasteiger charge is -2.23. The predicted molar refractivity (Wildman–Crippen MR) is 141 cm³/mol. The van der Waals surface area contributed by atoms with Gasteiger partial charge in [-0.05, 0) is 44.0 Å². The lowest BCUT2D eigenvalue weighted by molar-refractivity contribution is -0.383. The van der Waals surface area contributed by atoms with Crippen molar-refractivity contribution in [1.29, 1.82) is 0 Å². The van der Waals surface area contributed by atoms with E-state index < -0.39 is 0 Å². The molecule has 4 aromatic rings. The maximum atomic E-state index is 11.9. The molecule has 0 bridgehead atoms. The van der Waals surface area contributed by atoms with Crippen LogP contribution in [-0.4, -0.2) is 46.2 Å². The van der Waals surface area contributed by atoms with E-state index in [1.807, 2.05) is 31.4 Å². The third-order valence-corrected chi connectivity index (χ3v) is 6.63. The Morgan fingerprint density at radius 2 is 2.00 bits per heavy atom. The summed E-state index contributed by atoms with van der Waals surface area (Å²) in [6.07, 6.45) is 5.79. The molecule has 10 heteroatoms. The highest BCUT2D eigenvalue weighted by molar-refractivity contribution is 5.95. The fraction of sp³-hybridized carbons (Fsp3) is 0.308. The van der Waals surface area contributed by atoms with Gasteiger partial charge in [0.1, 0.15) is 11.4 Å². The first-order chi connectivity index (χ1) is 17.5. The molecular weight excluding hydrogens is 458 g/mol. The summed E-state index contributed by atoms with van der Waals surface area (Å²) in [5.74, 6) is 1.26. The number of rotatable bonds is 8. The third kappa shape index (κ3) is 4.80. The van der Waals surface area contributed by atoms with Crippen molar-refractivity contribution in [1.82, 2.24) is 19.9 Å². The molecule has 0 radical (unpaired) electrons. The van der Waals surface area contributed by atoms with Crippen LogP contribution in [0, 0.1) is 16.0 Å². The topological polar surface area (TPSA) is 119 Å². The van der Waals surface area contributed by atoms with Crippen LogP contribution in [0.3, 0.4) is 0 Å². The molecule has 1 saturated heterocycles.